The van der Waals surface area contributed by atoms with Crippen molar-refractivity contribution in [2.45, 2.75) is 45.8 Å². The van der Waals surface area contributed by atoms with E-state index in [-0.39, 0.29) is 0 Å². The van der Waals surface area contributed by atoms with E-state index in [1.807, 2.05) is 33.0 Å². The van der Waals surface area contributed by atoms with Crippen LogP contribution >= 0.6 is 0 Å². The second-order valence-corrected chi connectivity index (χ2v) is 5.04. The van der Waals surface area contributed by atoms with Crippen molar-refractivity contribution in [3.63, 3.8) is 0 Å². The first-order chi connectivity index (χ1) is 10.2. The molecule has 21 heavy (non-hydrogen) atoms. The Hall–Kier alpha value is -1.10. The molecule has 0 heterocycles. The van der Waals surface area contributed by atoms with Crippen molar-refractivity contribution in [3.05, 3.63) is 29.3 Å². The van der Waals surface area contributed by atoms with Crippen LogP contribution in [0.5, 0.6) is 5.75 Å². The van der Waals surface area contributed by atoms with Gasteiger partial charge in [-0.3, -0.25) is 0 Å². The summed E-state index contributed by atoms with van der Waals surface area (Å²) >= 11 is 0. The third-order valence-electron chi connectivity index (χ3n) is 3.39. The van der Waals surface area contributed by atoms with Crippen LogP contribution in [0.15, 0.2) is 18.2 Å². The number of rotatable bonds is 11. The van der Waals surface area contributed by atoms with Crippen LogP contribution in [0, 0.1) is 0 Å². The first-order valence-corrected chi connectivity index (χ1v) is 7.92. The van der Waals surface area contributed by atoms with E-state index < -0.39 is 6.29 Å². The van der Waals surface area contributed by atoms with Crippen LogP contribution in [-0.2, 0) is 15.9 Å². The lowest BCUT2D eigenvalue weighted by molar-refractivity contribution is -0.140. The number of phenols is 1. The maximum Gasteiger partial charge on any atom is 0.183 e. The molecule has 0 aliphatic heterocycles. The standard InChI is InChI=1S/C17H29NO3/c1-4-20-17(21-5-2)15-11-10-14(16(19)13-15)9-7-6-8-12-18-3/h10-11,13,17-19H,4-9,12H2,1-3H3. The molecule has 0 radical (unpaired) electrons. The molecule has 1 aromatic carbocycles. The van der Waals surface area contributed by atoms with E-state index in [0.29, 0.717) is 19.0 Å². The van der Waals surface area contributed by atoms with Gasteiger partial charge < -0.3 is 19.9 Å². The molecule has 4 nitrogen and oxygen atoms in total. The highest BCUT2D eigenvalue weighted by molar-refractivity contribution is 5.37. The molecule has 0 aliphatic carbocycles. The van der Waals surface area contributed by atoms with Gasteiger partial charge in [0.1, 0.15) is 5.75 Å². The van der Waals surface area contributed by atoms with Crippen molar-refractivity contribution in [2.75, 3.05) is 26.8 Å². The monoisotopic (exact) mass is 295 g/mol. The molecule has 1 rings (SSSR count). The molecule has 0 amide bonds. The van der Waals surface area contributed by atoms with Crippen molar-refractivity contribution >= 4 is 0 Å². The summed E-state index contributed by atoms with van der Waals surface area (Å²) < 4.78 is 11.1. The van der Waals surface area contributed by atoms with Crippen LogP contribution < -0.4 is 5.32 Å². The number of hydrogen-bond donors (Lipinski definition) is 2. The van der Waals surface area contributed by atoms with Gasteiger partial charge in [0.25, 0.3) is 0 Å². The molecule has 0 atom stereocenters. The summed E-state index contributed by atoms with van der Waals surface area (Å²) in [5.74, 6) is 0.338. The molecular weight excluding hydrogens is 266 g/mol. The maximum atomic E-state index is 10.2. The van der Waals surface area contributed by atoms with Crippen LogP contribution in [0.1, 0.15) is 50.5 Å². The van der Waals surface area contributed by atoms with Crippen LogP contribution in [-0.4, -0.2) is 31.9 Å². The Bertz CT molecular complexity index is 390. The SMILES string of the molecule is CCOC(OCC)c1ccc(CCCCCNC)c(O)c1. The lowest BCUT2D eigenvalue weighted by Gasteiger charge is -2.18. The van der Waals surface area contributed by atoms with Gasteiger partial charge >= 0.3 is 0 Å². The third-order valence-corrected chi connectivity index (χ3v) is 3.39. The molecule has 0 saturated heterocycles. The van der Waals surface area contributed by atoms with Crippen molar-refractivity contribution in [1.29, 1.82) is 0 Å². The molecule has 1 aromatic rings. The lowest BCUT2D eigenvalue weighted by Crippen LogP contribution is -2.09. The molecule has 4 heteroatoms. The van der Waals surface area contributed by atoms with E-state index in [1.54, 1.807) is 6.07 Å². The largest absolute Gasteiger partial charge is 0.508 e. The number of aryl methyl sites for hydroxylation is 1. The normalized spacial score (nSPS) is 11.2. The lowest BCUT2D eigenvalue weighted by atomic mass is 10.0. The van der Waals surface area contributed by atoms with Crippen molar-refractivity contribution in [2.24, 2.45) is 0 Å². The molecule has 0 aliphatic rings. The van der Waals surface area contributed by atoms with Gasteiger partial charge in [-0.25, -0.2) is 0 Å². The number of ether oxygens (including phenoxy) is 2. The van der Waals surface area contributed by atoms with E-state index in [9.17, 15) is 5.11 Å². The minimum atomic E-state index is -0.393. The number of nitrogens with one attached hydrogen (secondary N) is 1. The van der Waals surface area contributed by atoms with Crippen LogP contribution in [0.25, 0.3) is 0 Å². The molecule has 0 spiro atoms. The number of aromatic hydroxyl groups is 1. The number of hydrogen-bond acceptors (Lipinski definition) is 4. The minimum absolute atomic E-state index is 0.338. The molecule has 120 valence electrons. The van der Waals surface area contributed by atoms with Crippen molar-refractivity contribution in [3.8, 4) is 5.75 Å². The molecule has 0 saturated carbocycles. The first kappa shape index (κ1) is 18.0. The highest BCUT2D eigenvalue weighted by Gasteiger charge is 2.13. The fourth-order valence-corrected chi connectivity index (χ4v) is 2.28. The Balaban J connectivity index is 2.57. The van der Waals surface area contributed by atoms with Crippen molar-refractivity contribution < 1.29 is 14.6 Å². The van der Waals surface area contributed by atoms with Gasteiger partial charge in [0.15, 0.2) is 6.29 Å². The molecule has 2 N–H and O–H groups in total. The highest BCUT2D eigenvalue weighted by atomic mass is 16.7. The predicted molar refractivity (Wildman–Crippen MR) is 85.6 cm³/mol. The van der Waals surface area contributed by atoms with Crippen LogP contribution in [0.4, 0.5) is 0 Å². The van der Waals surface area contributed by atoms with Crippen LogP contribution in [0.2, 0.25) is 0 Å². The van der Waals surface area contributed by atoms with Gasteiger partial charge in [0.2, 0.25) is 0 Å². The van der Waals surface area contributed by atoms with Gasteiger partial charge in [-0.1, -0.05) is 18.6 Å². The highest BCUT2D eigenvalue weighted by Crippen LogP contribution is 2.27. The van der Waals surface area contributed by atoms with Gasteiger partial charge in [0, 0.05) is 18.8 Å². The Morgan fingerprint density at radius 2 is 1.81 bits per heavy atom. The second kappa shape index (κ2) is 10.6. The maximum absolute atomic E-state index is 10.2. The summed E-state index contributed by atoms with van der Waals surface area (Å²) in [7, 11) is 1.97. The minimum Gasteiger partial charge on any atom is -0.508 e. The van der Waals surface area contributed by atoms with Gasteiger partial charge in [-0.15, -0.1) is 0 Å². The average Bonchev–Trinajstić information content (AvgIpc) is 2.48. The fraction of sp³-hybridized carbons (Fsp3) is 0.647. The molecular formula is C17H29NO3. The zero-order valence-electron chi connectivity index (χ0n) is 13.5. The summed E-state index contributed by atoms with van der Waals surface area (Å²) in [6.45, 7) is 6.09. The van der Waals surface area contributed by atoms with Gasteiger partial charge in [-0.05, 0) is 58.3 Å². The molecule has 0 fully saturated rings. The van der Waals surface area contributed by atoms with E-state index in [0.717, 1.165) is 30.5 Å². The smallest absolute Gasteiger partial charge is 0.183 e. The Morgan fingerprint density at radius 3 is 2.38 bits per heavy atom. The summed E-state index contributed by atoms with van der Waals surface area (Å²) in [4.78, 5) is 0. The average molecular weight is 295 g/mol. The first-order valence-electron chi connectivity index (χ1n) is 7.92. The van der Waals surface area contributed by atoms with E-state index in [2.05, 4.69) is 5.32 Å². The van der Waals surface area contributed by atoms with Gasteiger partial charge in [0.05, 0.1) is 0 Å². The second-order valence-electron chi connectivity index (χ2n) is 5.04. The number of unbranched alkanes of at least 4 members (excludes halogenated alkanes) is 2. The number of benzene rings is 1. The Kier molecular flexibility index (Phi) is 9.06. The summed E-state index contributed by atoms with van der Waals surface area (Å²) in [6, 6.07) is 5.73. The topological polar surface area (TPSA) is 50.7 Å². The van der Waals surface area contributed by atoms with E-state index >= 15 is 0 Å². The third kappa shape index (κ3) is 6.46. The fourth-order valence-electron chi connectivity index (χ4n) is 2.28. The van der Waals surface area contributed by atoms with Crippen LogP contribution in [0.3, 0.4) is 0 Å². The summed E-state index contributed by atoms with van der Waals surface area (Å²) in [5, 5.41) is 13.3. The summed E-state index contributed by atoms with van der Waals surface area (Å²) in [5.41, 5.74) is 1.87. The number of phenolic OH excluding ortho intramolecular Hbond substituents is 1. The molecule has 0 unspecified atom stereocenters. The Labute approximate surface area is 128 Å². The summed E-state index contributed by atoms with van der Waals surface area (Å²) in [6.07, 6.45) is 3.95. The zero-order chi connectivity index (χ0) is 15.5. The molecule has 0 aromatic heterocycles. The predicted octanol–water partition coefficient (Wildman–Crippen LogP) is 3.40. The van der Waals surface area contributed by atoms with E-state index in [1.165, 1.54) is 12.8 Å². The zero-order valence-corrected chi connectivity index (χ0v) is 13.5. The van der Waals surface area contributed by atoms with Crippen molar-refractivity contribution in [1.82, 2.24) is 5.32 Å². The molecule has 0 bridgehead atoms. The quantitative estimate of drug-likeness (QED) is 0.485. The Morgan fingerprint density at radius 1 is 1.10 bits per heavy atom. The van der Waals surface area contributed by atoms with Gasteiger partial charge in [-0.2, -0.15) is 0 Å². The van der Waals surface area contributed by atoms with E-state index in [4.69, 9.17) is 9.47 Å².